The number of carbonyl (C=O) groups is 3. The molecule has 5 rings (SSSR count). The number of nitrogens with one attached hydrogen (secondary N) is 2. The second kappa shape index (κ2) is 11.8. The van der Waals surface area contributed by atoms with Crippen LogP contribution in [0.15, 0.2) is 77.9 Å². The molecule has 210 valence electrons. The number of aromatic amines is 1. The van der Waals surface area contributed by atoms with Gasteiger partial charge in [0.15, 0.2) is 0 Å². The maximum Gasteiger partial charge on any atom is 0.337 e. The van der Waals surface area contributed by atoms with Gasteiger partial charge in [-0.25, -0.2) is 4.79 Å². The summed E-state index contributed by atoms with van der Waals surface area (Å²) in [5, 5.41) is 3.92. The molecule has 0 bridgehead atoms. The summed E-state index contributed by atoms with van der Waals surface area (Å²) in [5.74, 6) is -1.41. The molecule has 9 nitrogen and oxygen atoms in total. The van der Waals surface area contributed by atoms with Gasteiger partial charge in [0.2, 0.25) is 11.8 Å². The molecule has 41 heavy (non-hydrogen) atoms. The number of hydrogen-bond acceptors (Lipinski definition) is 6. The highest BCUT2D eigenvalue weighted by molar-refractivity contribution is 6.24. The van der Waals surface area contributed by atoms with Crippen LogP contribution in [0.3, 0.4) is 0 Å². The van der Waals surface area contributed by atoms with Crippen molar-refractivity contribution in [3.63, 3.8) is 0 Å². The van der Waals surface area contributed by atoms with E-state index in [1.54, 1.807) is 30.0 Å². The van der Waals surface area contributed by atoms with E-state index in [4.69, 9.17) is 9.73 Å². The molecule has 2 amide bonds. The van der Waals surface area contributed by atoms with Crippen molar-refractivity contribution in [3.05, 3.63) is 89.6 Å². The summed E-state index contributed by atoms with van der Waals surface area (Å²) in [6, 6.07) is 20.5. The number of ether oxygens (including phenoxy) is 1. The molecule has 0 saturated carbocycles. The number of esters is 1. The number of fused-ring (bicyclic) bond motifs is 2. The van der Waals surface area contributed by atoms with Gasteiger partial charge in [0.1, 0.15) is 5.92 Å². The van der Waals surface area contributed by atoms with Crippen LogP contribution in [0.5, 0.6) is 0 Å². The summed E-state index contributed by atoms with van der Waals surface area (Å²) >= 11 is 0. The highest BCUT2D eigenvalue weighted by Gasteiger charge is 2.36. The third kappa shape index (κ3) is 5.90. The fourth-order valence-electron chi connectivity index (χ4n) is 5.15. The Morgan fingerprint density at radius 2 is 1.71 bits per heavy atom. The second-order valence-corrected chi connectivity index (χ2v) is 10.3. The van der Waals surface area contributed by atoms with E-state index in [2.05, 4.69) is 15.2 Å². The molecule has 2 heterocycles. The third-order valence-corrected chi connectivity index (χ3v) is 7.21. The lowest BCUT2D eigenvalue weighted by Crippen LogP contribution is -2.31. The number of benzene rings is 3. The quantitative estimate of drug-likeness (QED) is 0.222. The highest BCUT2D eigenvalue weighted by Crippen LogP contribution is 2.37. The van der Waals surface area contributed by atoms with E-state index in [0.29, 0.717) is 29.2 Å². The minimum atomic E-state index is -0.687. The normalized spacial score (nSPS) is 14.7. The van der Waals surface area contributed by atoms with Crippen LogP contribution in [-0.4, -0.2) is 67.7 Å². The van der Waals surface area contributed by atoms with E-state index in [9.17, 15) is 14.4 Å². The van der Waals surface area contributed by atoms with Gasteiger partial charge in [-0.3, -0.25) is 14.6 Å². The van der Waals surface area contributed by atoms with Gasteiger partial charge in [-0.15, -0.1) is 0 Å². The topological polar surface area (TPSA) is 107 Å². The zero-order valence-electron chi connectivity index (χ0n) is 23.6. The fraction of sp³-hybridized carbons (Fsp3) is 0.250. The Bertz CT molecular complexity index is 1640. The number of hydrogen-bond donors (Lipinski definition) is 2. The predicted molar refractivity (Wildman–Crippen MR) is 161 cm³/mol. The number of methoxy groups -OCH3 is 1. The summed E-state index contributed by atoms with van der Waals surface area (Å²) in [5.41, 5.74) is 5.47. The van der Waals surface area contributed by atoms with Crippen LogP contribution in [0.25, 0.3) is 10.9 Å². The third-order valence-electron chi connectivity index (χ3n) is 7.21. The van der Waals surface area contributed by atoms with Crippen LogP contribution in [-0.2, 0) is 14.3 Å². The lowest BCUT2D eigenvalue weighted by atomic mass is 9.89. The first-order chi connectivity index (χ1) is 19.7. The van der Waals surface area contributed by atoms with Crippen LogP contribution in [0.2, 0.25) is 0 Å². The van der Waals surface area contributed by atoms with Crippen molar-refractivity contribution in [2.75, 3.05) is 44.5 Å². The zero-order chi connectivity index (χ0) is 29.1. The number of anilines is 2. The Labute approximate surface area is 238 Å². The van der Waals surface area contributed by atoms with Crippen LogP contribution >= 0.6 is 0 Å². The van der Waals surface area contributed by atoms with E-state index in [1.807, 2.05) is 68.8 Å². The van der Waals surface area contributed by atoms with Gasteiger partial charge >= 0.3 is 5.97 Å². The van der Waals surface area contributed by atoms with Gasteiger partial charge in [-0.2, -0.15) is 0 Å². The largest absolute Gasteiger partial charge is 0.465 e. The molecule has 2 N–H and O–H groups in total. The predicted octanol–water partition coefficient (Wildman–Crippen LogP) is 5.12. The maximum absolute atomic E-state index is 13.4. The van der Waals surface area contributed by atoms with Crippen LogP contribution in [0.1, 0.15) is 40.7 Å². The van der Waals surface area contributed by atoms with Gasteiger partial charge < -0.3 is 24.8 Å². The molecule has 1 aliphatic heterocycles. The minimum absolute atomic E-state index is 0.0222. The molecular formula is C32H33N5O4. The van der Waals surface area contributed by atoms with Crippen molar-refractivity contribution in [3.8, 4) is 0 Å². The lowest BCUT2D eigenvalue weighted by molar-refractivity contribution is -0.117. The summed E-state index contributed by atoms with van der Waals surface area (Å²) < 4.78 is 4.85. The molecule has 1 aliphatic rings. The first-order valence-corrected chi connectivity index (χ1v) is 13.5. The minimum Gasteiger partial charge on any atom is -0.465 e. The van der Waals surface area contributed by atoms with Crippen molar-refractivity contribution in [1.29, 1.82) is 0 Å². The van der Waals surface area contributed by atoms with Crippen LogP contribution < -0.4 is 10.2 Å². The molecule has 0 spiro atoms. The molecule has 1 aromatic heterocycles. The number of nitrogens with zero attached hydrogens (tertiary/aromatic N) is 3. The Morgan fingerprint density at radius 1 is 0.951 bits per heavy atom. The van der Waals surface area contributed by atoms with E-state index in [1.165, 1.54) is 7.11 Å². The maximum atomic E-state index is 13.4. The molecule has 1 unspecified atom stereocenters. The van der Waals surface area contributed by atoms with Crippen LogP contribution in [0, 0.1) is 0 Å². The Balaban J connectivity index is 1.54. The average molecular weight is 552 g/mol. The van der Waals surface area contributed by atoms with Crippen molar-refractivity contribution >= 4 is 51.5 Å². The van der Waals surface area contributed by atoms with Gasteiger partial charge in [0.05, 0.1) is 24.1 Å². The van der Waals surface area contributed by atoms with Crippen molar-refractivity contribution in [1.82, 2.24) is 9.88 Å². The zero-order valence-corrected chi connectivity index (χ0v) is 23.6. The summed E-state index contributed by atoms with van der Waals surface area (Å²) in [4.78, 5) is 49.9. The SMILES string of the molecule is COC(=O)c1ccc2c(c1)NC(=O)C2C(=Nc1ccc(N(CCCN(C)C)C(C)=O)cc1)c1ccc2[nH]ccc2c1. The van der Waals surface area contributed by atoms with E-state index in [-0.39, 0.29) is 11.8 Å². The first kappa shape index (κ1) is 27.8. The molecule has 0 fully saturated rings. The number of amides is 2. The molecule has 4 aromatic rings. The van der Waals surface area contributed by atoms with E-state index < -0.39 is 11.9 Å². The first-order valence-electron chi connectivity index (χ1n) is 13.5. The van der Waals surface area contributed by atoms with Gasteiger partial charge in [0, 0.05) is 41.9 Å². The molecule has 0 saturated heterocycles. The molecule has 0 aliphatic carbocycles. The number of H-pyrrole nitrogens is 1. The van der Waals surface area contributed by atoms with E-state index in [0.717, 1.165) is 40.7 Å². The summed E-state index contributed by atoms with van der Waals surface area (Å²) in [6.07, 6.45) is 2.72. The second-order valence-electron chi connectivity index (χ2n) is 10.3. The van der Waals surface area contributed by atoms with Crippen LogP contribution in [0.4, 0.5) is 17.1 Å². The van der Waals surface area contributed by atoms with Crippen molar-refractivity contribution in [2.45, 2.75) is 19.3 Å². The standard InChI is InChI=1S/C32H33N5O4/c1-20(38)37(17-5-16-36(2)3)25-10-8-24(9-11-25)34-30(22-7-13-27-21(18-22)14-15-33-27)29-26-12-6-23(32(40)41-4)19-28(26)35-31(29)39/h6-15,18-19,29,33H,5,16-17H2,1-4H3,(H,35,39). The van der Waals surface area contributed by atoms with Crippen molar-refractivity contribution < 1.29 is 19.1 Å². The lowest BCUT2D eigenvalue weighted by Gasteiger charge is -2.22. The molecule has 0 radical (unpaired) electrons. The molecular weight excluding hydrogens is 518 g/mol. The Hall–Kier alpha value is -4.76. The molecule has 3 aromatic carbocycles. The number of aliphatic imine (C=N–C) groups is 1. The molecule has 1 atom stereocenters. The number of carbonyl (C=O) groups excluding carboxylic acids is 3. The number of aromatic nitrogens is 1. The summed E-state index contributed by atoms with van der Waals surface area (Å²) in [7, 11) is 5.35. The van der Waals surface area contributed by atoms with E-state index >= 15 is 0 Å². The Morgan fingerprint density at radius 3 is 2.41 bits per heavy atom. The van der Waals surface area contributed by atoms with Gasteiger partial charge in [0.25, 0.3) is 0 Å². The Kier molecular flexibility index (Phi) is 7.98. The number of rotatable bonds is 9. The monoisotopic (exact) mass is 551 g/mol. The fourth-order valence-corrected chi connectivity index (χ4v) is 5.15. The average Bonchev–Trinajstić information content (AvgIpc) is 3.56. The highest BCUT2D eigenvalue weighted by atomic mass is 16.5. The summed E-state index contributed by atoms with van der Waals surface area (Å²) in [6.45, 7) is 3.07. The van der Waals surface area contributed by atoms with Gasteiger partial charge in [-0.1, -0.05) is 12.1 Å². The van der Waals surface area contributed by atoms with Crippen molar-refractivity contribution in [2.24, 2.45) is 4.99 Å². The van der Waals surface area contributed by atoms with Gasteiger partial charge in [-0.05, 0) is 92.8 Å². The smallest absolute Gasteiger partial charge is 0.337 e. The molecule has 9 heteroatoms.